The summed E-state index contributed by atoms with van der Waals surface area (Å²) in [4.78, 5) is 8.60. The molecule has 4 aliphatic heterocycles. The van der Waals surface area contributed by atoms with E-state index in [1.54, 1.807) is 5.56 Å². The molecule has 2 fully saturated rings. The third kappa shape index (κ3) is 6.90. The molecule has 9 aromatic rings. The SMILES string of the molecule is CC(C)(C)c1ccc(N2c3cc(N4c5ccc(-c6ccccc6)cc5C5(C)CCCCC45C)cc4c3B(c3cc(C(C)(C)C)cc5c3N4C3(C)CCCCC53C)c3ccc4oc5ccc(C(C)(C)C)cc5c4c32)c(-c2ccccc2)c1. The van der Waals surface area contributed by atoms with Crippen molar-refractivity contribution in [1.29, 1.82) is 0 Å². The van der Waals surface area contributed by atoms with E-state index in [1.165, 1.54) is 144 Å². The number of nitrogens with zero attached hydrogens (tertiary/aromatic N) is 3. The Hall–Kier alpha value is -6.98. The topological polar surface area (TPSA) is 22.9 Å². The molecule has 1 aromatic heterocycles. The third-order valence-electron chi connectivity index (χ3n) is 22.0. The molecule has 4 nitrogen and oxygen atoms in total. The predicted octanol–water partition coefficient (Wildman–Crippen LogP) is 18.9. The first kappa shape index (κ1) is 50.9. The van der Waals surface area contributed by atoms with E-state index >= 15 is 0 Å². The van der Waals surface area contributed by atoms with Crippen molar-refractivity contribution in [1.82, 2.24) is 0 Å². The highest BCUT2D eigenvalue weighted by Gasteiger charge is 2.63. The molecule has 0 N–H and O–H groups in total. The molecule has 8 aromatic carbocycles. The van der Waals surface area contributed by atoms with Gasteiger partial charge in [-0.1, -0.05) is 199 Å². The molecule has 4 atom stereocenters. The van der Waals surface area contributed by atoms with Crippen LogP contribution in [0.5, 0.6) is 0 Å². The van der Waals surface area contributed by atoms with E-state index in [1.807, 2.05) is 0 Å². The van der Waals surface area contributed by atoms with Crippen LogP contribution in [-0.2, 0) is 27.1 Å². The molecule has 6 aliphatic rings. The lowest BCUT2D eigenvalue weighted by Crippen LogP contribution is -2.64. The Bertz CT molecular complexity index is 4110. The summed E-state index contributed by atoms with van der Waals surface area (Å²) in [6, 6.07) is 59.7. The van der Waals surface area contributed by atoms with Crippen molar-refractivity contribution < 1.29 is 4.42 Å². The van der Waals surface area contributed by atoms with Crippen molar-refractivity contribution in [3.05, 3.63) is 179 Å². The maximum absolute atomic E-state index is 7.14. The summed E-state index contributed by atoms with van der Waals surface area (Å²) < 4.78 is 7.14. The molecule has 0 bridgehead atoms. The highest BCUT2D eigenvalue weighted by atomic mass is 16.3. The summed E-state index contributed by atoms with van der Waals surface area (Å²) >= 11 is 0. The van der Waals surface area contributed by atoms with Crippen LogP contribution in [0.2, 0.25) is 0 Å². The minimum atomic E-state index is -0.185. The van der Waals surface area contributed by atoms with Gasteiger partial charge in [0.05, 0.1) is 27.8 Å². The number of fused-ring (bicyclic) bond motifs is 14. The number of hydrogen-bond acceptors (Lipinski definition) is 4. The van der Waals surface area contributed by atoms with Crippen LogP contribution in [0.1, 0.15) is 169 Å². The normalized spacial score (nSPS) is 23.6. The Morgan fingerprint density at radius 1 is 0.432 bits per heavy atom. The zero-order valence-corrected chi connectivity index (χ0v) is 50.4. The Labute approximate surface area is 482 Å². The Morgan fingerprint density at radius 2 is 1.01 bits per heavy atom. The van der Waals surface area contributed by atoms with Crippen LogP contribution in [-0.4, -0.2) is 17.8 Å². The molecule has 5 heteroatoms. The fraction of sp³-hybridized carbons (Fsp3) is 0.368. The molecule has 5 heterocycles. The molecule has 0 radical (unpaired) electrons. The van der Waals surface area contributed by atoms with E-state index in [9.17, 15) is 0 Å². The van der Waals surface area contributed by atoms with E-state index in [0.717, 1.165) is 30.4 Å². The van der Waals surface area contributed by atoms with Crippen LogP contribution < -0.4 is 31.1 Å². The van der Waals surface area contributed by atoms with Gasteiger partial charge in [-0.2, -0.15) is 0 Å². The fourth-order valence-electron chi connectivity index (χ4n) is 16.9. The average molecular weight is 1060 g/mol. The number of benzene rings is 8. The lowest BCUT2D eigenvalue weighted by molar-refractivity contribution is 0.194. The second-order valence-corrected chi connectivity index (χ2v) is 29.6. The summed E-state index contributed by atoms with van der Waals surface area (Å²) in [5.41, 5.74) is 26.7. The Kier molecular flexibility index (Phi) is 10.6. The molecular formula is C76H80BN3O. The smallest absolute Gasteiger partial charge is 0.252 e. The van der Waals surface area contributed by atoms with Gasteiger partial charge in [-0.3, -0.25) is 0 Å². The minimum absolute atomic E-state index is 0.0426. The molecule has 81 heavy (non-hydrogen) atoms. The van der Waals surface area contributed by atoms with Crippen molar-refractivity contribution in [3.8, 4) is 22.3 Å². The van der Waals surface area contributed by atoms with Crippen molar-refractivity contribution >= 4 is 84.9 Å². The van der Waals surface area contributed by atoms with Gasteiger partial charge in [0.15, 0.2) is 0 Å². The number of anilines is 7. The van der Waals surface area contributed by atoms with Gasteiger partial charge >= 0.3 is 0 Å². The molecule has 2 aliphatic carbocycles. The van der Waals surface area contributed by atoms with Crippen LogP contribution in [0.25, 0.3) is 44.2 Å². The van der Waals surface area contributed by atoms with E-state index < -0.39 is 0 Å². The summed E-state index contributed by atoms with van der Waals surface area (Å²) in [6.07, 6.45) is 9.49. The standard InChI is InChI=1S/C76H80BN3O/c1-70(2,3)50-29-33-60(54(41-50)48-26-18-15-19-27-48)78-62-45-53(79-61-32-28-49(47-24-16-14-17-25-47)40-56(61)73(10)36-20-22-38-75(73,79)12)46-63-67(62)77(58-31-35-65-66(69(58)78)55-42-51(71(4,5)6)30-34-64(55)81-65)59-44-52(72(7,8)9)43-57-68(59)80(63)76(13)39-23-21-37-74(57,76)11/h14-19,24-35,40-46H,20-23,36-39H2,1-13H3. The van der Waals surface area contributed by atoms with Crippen LogP contribution in [0, 0.1) is 0 Å². The largest absolute Gasteiger partial charge is 0.456 e. The highest BCUT2D eigenvalue weighted by Crippen LogP contribution is 2.66. The van der Waals surface area contributed by atoms with E-state index in [-0.39, 0.29) is 44.9 Å². The second-order valence-electron chi connectivity index (χ2n) is 29.6. The van der Waals surface area contributed by atoms with Crippen LogP contribution >= 0.6 is 0 Å². The maximum Gasteiger partial charge on any atom is 0.252 e. The second kappa shape index (κ2) is 16.8. The first-order valence-corrected chi connectivity index (χ1v) is 30.7. The average Bonchev–Trinajstić information content (AvgIpc) is 4.14. The lowest BCUT2D eigenvalue weighted by atomic mass is 9.33. The summed E-state index contributed by atoms with van der Waals surface area (Å²) in [5, 5.41) is 2.37. The zero-order valence-electron chi connectivity index (χ0n) is 50.4. The molecule has 408 valence electrons. The number of rotatable bonds is 4. The van der Waals surface area contributed by atoms with Gasteiger partial charge < -0.3 is 19.1 Å². The minimum Gasteiger partial charge on any atom is -0.456 e. The quantitative estimate of drug-likeness (QED) is 0.164. The van der Waals surface area contributed by atoms with Crippen molar-refractivity contribution in [2.24, 2.45) is 0 Å². The van der Waals surface area contributed by atoms with Gasteiger partial charge in [0.2, 0.25) is 0 Å². The van der Waals surface area contributed by atoms with E-state index in [4.69, 9.17) is 4.42 Å². The highest BCUT2D eigenvalue weighted by molar-refractivity contribution is 7.00. The molecular weight excluding hydrogens is 982 g/mol. The first-order valence-electron chi connectivity index (χ1n) is 30.7. The summed E-state index contributed by atoms with van der Waals surface area (Å²) in [6.45, 7) is 31.9. The van der Waals surface area contributed by atoms with Gasteiger partial charge in [0.25, 0.3) is 6.71 Å². The molecule has 4 unspecified atom stereocenters. The lowest BCUT2D eigenvalue weighted by Gasteiger charge is -2.54. The van der Waals surface area contributed by atoms with E-state index in [0.29, 0.717) is 0 Å². The zero-order chi connectivity index (χ0) is 56.1. The monoisotopic (exact) mass is 1060 g/mol. The van der Waals surface area contributed by atoms with Crippen molar-refractivity contribution in [2.75, 3.05) is 14.7 Å². The molecule has 0 spiro atoms. The van der Waals surface area contributed by atoms with Crippen LogP contribution in [0.3, 0.4) is 0 Å². The predicted molar refractivity (Wildman–Crippen MR) is 346 cm³/mol. The third-order valence-corrected chi connectivity index (χ3v) is 22.0. The summed E-state index contributed by atoms with van der Waals surface area (Å²) in [7, 11) is 0. The maximum atomic E-state index is 7.14. The summed E-state index contributed by atoms with van der Waals surface area (Å²) in [5.74, 6) is 0. The van der Waals surface area contributed by atoms with Crippen LogP contribution in [0.4, 0.5) is 39.8 Å². The Balaban J connectivity index is 1.12. The van der Waals surface area contributed by atoms with Gasteiger partial charge in [-0.05, 0) is 171 Å². The van der Waals surface area contributed by atoms with Gasteiger partial charge in [0, 0.05) is 50.2 Å². The molecule has 0 saturated heterocycles. The molecule has 2 saturated carbocycles. The van der Waals surface area contributed by atoms with Gasteiger partial charge in [-0.15, -0.1) is 0 Å². The first-order chi connectivity index (χ1) is 38.5. The number of hydrogen-bond donors (Lipinski definition) is 0. The van der Waals surface area contributed by atoms with Gasteiger partial charge in [0.1, 0.15) is 11.2 Å². The fourth-order valence-corrected chi connectivity index (χ4v) is 16.9. The van der Waals surface area contributed by atoms with Gasteiger partial charge in [-0.25, -0.2) is 0 Å². The Morgan fingerprint density at radius 3 is 1.69 bits per heavy atom. The molecule has 0 amide bonds. The van der Waals surface area contributed by atoms with Crippen molar-refractivity contribution in [3.63, 3.8) is 0 Å². The van der Waals surface area contributed by atoms with E-state index in [2.05, 4.69) is 256 Å². The van der Waals surface area contributed by atoms with Crippen molar-refractivity contribution in [2.45, 2.75) is 180 Å². The molecule has 15 rings (SSSR count). The number of furan rings is 1. The van der Waals surface area contributed by atoms with Crippen LogP contribution in [0.15, 0.2) is 156 Å².